The molecule has 0 saturated heterocycles. The molecule has 6 heterocycles. The van der Waals surface area contributed by atoms with Gasteiger partial charge in [-0.1, -0.05) is 52.0 Å². The first-order chi connectivity index (χ1) is 43.3. The van der Waals surface area contributed by atoms with Crippen molar-refractivity contribution < 1.29 is 41.7 Å². The fourth-order valence-electron chi connectivity index (χ4n) is 9.74. The molecule has 446 valence electrons. The molecule has 0 aliphatic carbocycles. The first-order valence-corrected chi connectivity index (χ1v) is 28.7. The number of hydrogen-bond donors (Lipinski definition) is 0. The third-order valence-electron chi connectivity index (χ3n) is 14.1. The minimum absolute atomic E-state index is 0.0932. The van der Waals surface area contributed by atoms with Crippen molar-refractivity contribution in [2.45, 2.75) is 39.3 Å². The second-order valence-corrected chi connectivity index (χ2v) is 20.4. The van der Waals surface area contributed by atoms with Gasteiger partial charge in [-0.15, -0.1) is 15.3 Å². The Morgan fingerprint density at radius 3 is 0.955 bits per heavy atom. The molecule has 0 saturated carbocycles. The molecule has 22 nitrogen and oxygen atoms in total. The lowest BCUT2D eigenvalue weighted by Crippen LogP contribution is -2.23. The molecular weight excluding hydrogens is 1120 g/mol. The van der Waals surface area contributed by atoms with E-state index in [9.17, 15) is 14.4 Å². The summed E-state index contributed by atoms with van der Waals surface area (Å²) in [6, 6.07) is 48.2. The molecule has 0 aliphatic rings. The van der Waals surface area contributed by atoms with Crippen molar-refractivity contribution in [3.05, 3.63) is 230 Å². The van der Waals surface area contributed by atoms with Crippen molar-refractivity contribution in [1.29, 1.82) is 0 Å². The Balaban J connectivity index is 0.595. The van der Waals surface area contributed by atoms with Crippen LogP contribution in [0.2, 0.25) is 0 Å². The first kappa shape index (κ1) is 58.0. The molecule has 0 radical (unpaired) electrons. The topological polar surface area (TPSA) is 241 Å². The van der Waals surface area contributed by atoms with Crippen molar-refractivity contribution in [3.63, 3.8) is 0 Å². The van der Waals surface area contributed by atoms with Gasteiger partial charge in [0, 0.05) is 73.1 Å². The van der Waals surface area contributed by atoms with Crippen molar-refractivity contribution in [1.82, 2.24) is 49.9 Å². The van der Waals surface area contributed by atoms with E-state index in [1.807, 2.05) is 128 Å². The van der Waals surface area contributed by atoms with E-state index in [0.29, 0.717) is 166 Å². The second-order valence-electron chi connectivity index (χ2n) is 20.4. The highest BCUT2D eigenvalue weighted by Gasteiger charge is 2.17. The number of rotatable bonds is 30. The summed E-state index contributed by atoms with van der Waals surface area (Å²) in [6.07, 6.45) is 5.68. The molecule has 0 bridgehead atoms. The Hall–Kier alpha value is -10.4. The minimum atomic E-state index is -0.0932. The molecule has 0 unspecified atom stereocenters. The number of hydrogen-bond acceptors (Lipinski definition) is 19. The van der Waals surface area contributed by atoms with Crippen molar-refractivity contribution in [3.8, 4) is 51.2 Å². The van der Waals surface area contributed by atoms with E-state index in [-0.39, 0.29) is 16.3 Å². The van der Waals surface area contributed by atoms with Crippen molar-refractivity contribution in [2.24, 2.45) is 0 Å². The van der Waals surface area contributed by atoms with E-state index < -0.39 is 0 Å². The predicted molar refractivity (Wildman–Crippen MR) is 326 cm³/mol. The van der Waals surface area contributed by atoms with Gasteiger partial charge in [0.2, 0.25) is 0 Å². The van der Waals surface area contributed by atoms with Gasteiger partial charge in [0.25, 0.3) is 0 Å². The quantitative estimate of drug-likeness (QED) is 0.0381. The number of benzene rings is 6. The summed E-state index contributed by atoms with van der Waals surface area (Å²) in [7, 11) is 0. The van der Waals surface area contributed by atoms with Crippen LogP contribution in [0.4, 0.5) is 0 Å². The Morgan fingerprint density at radius 1 is 0.352 bits per heavy atom. The Labute approximate surface area is 502 Å². The number of nitrogens with zero attached hydrogens (tertiary/aromatic N) is 10. The molecule has 0 spiro atoms. The molecule has 0 amide bonds. The van der Waals surface area contributed by atoms with Gasteiger partial charge in [0.1, 0.15) is 71.1 Å². The van der Waals surface area contributed by atoms with Gasteiger partial charge in [0.05, 0.1) is 92.5 Å². The smallest absolute Gasteiger partial charge is 0.193 e. The molecule has 6 aromatic carbocycles. The normalized spacial score (nSPS) is 11.6. The Bertz CT molecular complexity index is 3990. The molecule has 0 fully saturated rings. The molecule has 0 atom stereocenters. The summed E-state index contributed by atoms with van der Waals surface area (Å²) in [5, 5.41) is 28.2. The number of ether oxygens (including phenoxy) is 6. The van der Waals surface area contributed by atoms with Gasteiger partial charge in [-0.2, -0.15) is 0 Å². The fraction of sp³-hybridized carbons (Fsp3) is 0.227. The average molecular weight is 1190 g/mol. The van der Waals surface area contributed by atoms with Crippen LogP contribution in [0.5, 0.6) is 17.2 Å². The summed E-state index contributed by atoms with van der Waals surface area (Å²) in [5.74, 6) is 3.47. The lowest BCUT2D eigenvalue weighted by atomic mass is 10.1. The Morgan fingerprint density at radius 2 is 0.648 bits per heavy atom. The van der Waals surface area contributed by atoms with Crippen LogP contribution in [0.3, 0.4) is 0 Å². The predicted octanol–water partition coefficient (Wildman–Crippen LogP) is 9.27. The number of para-hydroxylation sites is 3. The van der Waals surface area contributed by atoms with E-state index in [1.165, 1.54) is 18.2 Å². The maximum absolute atomic E-state index is 12.6. The zero-order valence-electron chi connectivity index (χ0n) is 47.8. The van der Waals surface area contributed by atoms with Crippen LogP contribution in [0.15, 0.2) is 210 Å². The molecule has 12 rings (SSSR count). The second kappa shape index (κ2) is 28.2. The van der Waals surface area contributed by atoms with Crippen LogP contribution in [-0.4, -0.2) is 109 Å². The summed E-state index contributed by atoms with van der Waals surface area (Å²) in [6.45, 7) is 6.00. The summed E-state index contributed by atoms with van der Waals surface area (Å²) >= 11 is 0. The van der Waals surface area contributed by atoms with Crippen molar-refractivity contribution >= 4 is 32.9 Å². The van der Waals surface area contributed by atoms with Gasteiger partial charge in [-0.05, 0) is 109 Å². The lowest BCUT2D eigenvalue weighted by Gasteiger charge is -2.18. The molecule has 12 aromatic rings. The van der Waals surface area contributed by atoms with E-state index in [4.69, 9.17) is 41.7 Å². The highest BCUT2D eigenvalue weighted by molar-refractivity contribution is 5.80. The largest absolute Gasteiger partial charge is 0.491 e. The van der Waals surface area contributed by atoms with Crippen LogP contribution in [0.1, 0.15) is 17.1 Å². The molecule has 0 N–H and O–H groups in total. The van der Waals surface area contributed by atoms with Gasteiger partial charge < -0.3 is 41.7 Å². The van der Waals surface area contributed by atoms with Crippen LogP contribution >= 0.6 is 0 Å². The summed E-state index contributed by atoms with van der Waals surface area (Å²) in [4.78, 5) is 40.0. The van der Waals surface area contributed by atoms with E-state index >= 15 is 0 Å². The molecular formula is C66H60N10O12. The van der Waals surface area contributed by atoms with Gasteiger partial charge in [0.15, 0.2) is 16.3 Å². The highest BCUT2D eigenvalue weighted by atomic mass is 16.5. The van der Waals surface area contributed by atoms with E-state index in [2.05, 4.69) is 35.8 Å². The molecule has 6 aromatic heterocycles. The fourth-order valence-corrected chi connectivity index (χ4v) is 9.74. The third kappa shape index (κ3) is 15.2. The Kier molecular flexibility index (Phi) is 18.6. The zero-order chi connectivity index (χ0) is 59.9. The lowest BCUT2D eigenvalue weighted by molar-refractivity contribution is 0.0923. The third-order valence-corrected chi connectivity index (χ3v) is 14.1. The van der Waals surface area contributed by atoms with Crippen molar-refractivity contribution in [2.75, 3.05) is 59.5 Å². The maximum atomic E-state index is 12.6. The van der Waals surface area contributed by atoms with Gasteiger partial charge >= 0.3 is 0 Å². The minimum Gasteiger partial charge on any atom is -0.491 e. The van der Waals surface area contributed by atoms with E-state index in [0.717, 1.165) is 33.8 Å². The van der Waals surface area contributed by atoms with Crippen LogP contribution in [-0.2, 0) is 53.5 Å². The number of aromatic nitrogens is 9. The average Bonchev–Trinajstić information content (AvgIpc) is 3.83. The van der Waals surface area contributed by atoms with Crippen LogP contribution in [0, 0.1) is 0 Å². The van der Waals surface area contributed by atoms with E-state index in [1.54, 1.807) is 50.4 Å². The molecule has 0 aliphatic heterocycles. The zero-order valence-corrected chi connectivity index (χ0v) is 47.8. The highest BCUT2D eigenvalue weighted by Crippen LogP contribution is 2.28. The molecule has 22 heteroatoms. The summed E-state index contributed by atoms with van der Waals surface area (Å²) < 4.78 is 58.6. The number of fused-ring (bicyclic) bond motifs is 3. The first-order valence-electron chi connectivity index (χ1n) is 28.7. The summed E-state index contributed by atoms with van der Waals surface area (Å²) in [5.41, 5.74) is 5.87. The standard InChI is InChI=1S/C66H60N10O12/c77-58-37-64(86-61-10-4-1-7-55(58)61)46-13-19-52(20-14-46)83-34-31-80-28-25-74-43-49(67-70-74)40-73(41-50-44-75(71-68-50)26-29-81-32-35-84-53-21-15-47(16-22-53)65-38-59(78)56-8-2-5-11-62(56)87-65)42-51-45-76(72-69-51)27-30-82-33-36-85-54-23-17-48(18-24-54)66-39-60(79)57-9-3-6-12-63(57)88-66/h1-24,37-39,43-45H,25-36,40-42H2. The monoisotopic (exact) mass is 1180 g/mol. The van der Waals surface area contributed by atoms with Gasteiger partial charge in [-0.3, -0.25) is 19.3 Å². The molecule has 88 heavy (non-hydrogen) atoms. The van der Waals surface area contributed by atoms with Gasteiger partial charge in [-0.25, -0.2) is 14.0 Å². The maximum Gasteiger partial charge on any atom is 0.193 e. The van der Waals surface area contributed by atoms with Crippen LogP contribution in [0.25, 0.3) is 66.9 Å². The SMILES string of the molecule is O=c1cc(-c2ccc(OCCOCCn3cc(CN(Cc4cn(CCOCCOc5ccc(-c6cc(=O)c7ccccc7o6)cc5)nn4)Cc4cn(CCOCCOc5ccc(-c6cc(=O)c7ccccc7o6)cc5)nn4)nn3)cc2)oc2ccccc12. The van der Waals surface area contributed by atoms with Crippen LogP contribution < -0.4 is 30.5 Å².